The second-order valence-corrected chi connectivity index (χ2v) is 9.84. The summed E-state index contributed by atoms with van der Waals surface area (Å²) >= 11 is 0. The van der Waals surface area contributed by atoms with Crippen molar-refractivity contribution in [1.82, 2.24) is 0 Å². The van der Waals surface area contributed by atoms with Crippen molar-refractivity contribution in [3.8, 4) is 5.75 Å². The Labute approximate surface area is 166 Å². The van der Waals surface area contributed by atoms with Crippen molar-refractivity contribution >= 4 is 0 Å². The highest BCUT2D eigenvalue weighted by Crippen LogP contribution is 2.61. The Hall–Kier alpha value is -1.02. The van der Waals surface area contributed by atoms with E-state index in [0.29, 0.717) is 11.3 Å². The molecule has 0 radical (unpaired) electrons. The van der Waals surface area contributed by atoms with Gasteiger partial charge in [-0.05, 0) is 105 Å². The minimum absolute atomic E-state index is 0.0996. The summed E-state index contributed by atoms with van der Waals surface area (Å²) < 4.78 is 12.3. The fourth-order valence-corrected chi connectivity index (χ4v) is 6.64. The van der Waals surface area contributed by atoms with Gasteiger partial charge in [-0.3, -0.25) is 0 Å². The maximum atomic E-state index is 6.26. The third kappa shape index (κ3) is 4.36. The van der Waals surface area contributed by atoms with Gasteiger partial charge in [0.05, 0.1) is 0 Å². The van der Waals surface area contributed by atoms with Crippen LogP contribution < -0.4 is 4.74 Å². The molecule has 2 heteroatoms. The van der Waals surface area contributed by atoms with Crippen molar-refractivity contribution in [2.75, 3.05) is 6.61 Å². The van der Waals surface area contributed by atoms with Gasteiger partial charge < -0.3 is 9.47 Å². The van der Waals surface area contributed by atoms with Gasteiger partial charge in [-0.1, -0.05) is 26.0 Å². The van der Waals surface area contributed by atoms with E-state index in [0.717, 1.165) is 36.5 Å². The molecule has 4 fully saturated rings. The Morgan fingerprint density at radius 3 is 2.07 bits per heavy atom. The van der Waals surface area contributed by atoms with Crippen LogP contribution in [0.5, 0.6) is 5.75 Å². The summed E-state index contributed by atoms with van der Waals surface area (Å²) in [6.45, 7) is 7.32. The highest BCUT2D eigenvalue weighted by molar-refractivity contribution is 5.29. The first-order valence-corrected chi connectivity index (χ1v) is 11.5. The van der Waals surface area contributed by atoms with Crippen LogP contribution in [0.15, 0.2) is 24.3 Å². The van der Waals surface area contributed by atoms with Gasteiger partial charge in [-0.2, -0.15) is 0 Å². The van der Waals surface area contributed by atoms with E-state index in [-0.39, 0.29) is 6.29 Å². The van der Waals surface area contributed by atoms with Crippen molar-refractivity contribution in [3.63, 3.8) is 0 Å². The predicted octanol–water partition coefficient (Wildman–Crippen LogP) is 6.94. The van der Waals surface area contributed by atoms with Crippen LogP contribution in [0.1, 0.15) is 90.0 Å². The second kappa shape index (κ2) is 8.15. The number of ether oxygens (including phenoxy) is 2. The smallest absolute Gasteiger partial charge is 0.199 e. The fraction of sp³-hybridized carbons (Fsp3) is 0.760. The van der Waals surface area contributed by atoms with Gasteiger partial charge >= 0.3 is 0 Å². The van der Waals surface area contributed by atoms with Crippen LogP contribution in [0.4, 0.5) is 0 Å². The zero-order chi connectivity index (χ0) is 18.9. The monoisotopic (exact) mass is 370 g/mol. The summed E-state index contributed by atoms with van der Waals surface area (Å²) in [6.07, 6.45) is 12.4. The molecule has 4 aliphatic carbocycles. The molecule has 0 aromatic heterocycles. The first kappa shape index (κ1) is 19.3. The normalized spacial score (nSPS) is 33.8. The molecule has 0 heterocycles. The highest BCUT2D eigenvalue weighted by atomic mass is 16.7. The molecule has 4 saturated carbocycles. The lowest BCUT2D eigenvalue weighted by Gasteiger charge is -2.57. The minimum atomic E-state index is -0.0996. The molecule has 2 atom stereocenters. The standard InChI is InChI=1S/C25H38O2/c1-4-18(3)22-6-8-23(9-7-22)27-24(26-5-2)10-11-25-15-19-12-20(16-25)14-21(13-19)17-25/h6-9,18-21,24H,4-5,10-17H2,1-3H3. The van der Waals surface area contributed by atoms with E-state index in [1.165, 1.54) is 56.9 Å². The second-order valence-electron chi connectivity index (χ2n) is 9.84. The average molecular weight is 371 g/mol. The molecule has 5 rings (SSSR count). The maximum Gasteiger partial charge on any atom is 0.199 e. The number of rotatable bonds is 9. The molecule has 0 N–H and O–H groups in total. The van der Waals surface area contributed by atoms with Crippen molar-refractivity contribution in [2.24, 2.45) is 23.2 Å². The molecule has 0 amide bonds. The Balaban J connectivity index is 1.35. The molecule has 0 spiro atoms. The Bertz CT molecular complexity index is 570. The van der Waals surface area contributed by atoms with Gasteiger partial charge in [-0.15, -0.1) is 0 Å². The topological polar surface area (TPSA) is 18.5 Å². The Morgan fingerprint density at radius 2 is 1.56 bits per heavy atom. The molecule has 1 aromatic rings. The molecule has 4 aliphatic rings. The Kier molecular flexibility index (Phi) is 5.83. The zero-order valence-corrected chi connectivity index (χ0v) is 17.6. The van der Waals surface area contributed by atoms with Crippen molar-refractivity contribution in [2.45, 2.75) is 90.8 Å². The first-order valence-electron chi connectivity index (χ1n) is 11.5. The molecule has 2 nitrogen and oxygen atoms in total. The van der Waals surface area contributed by atoms with Gasteiger partial charge in [0.2, 0.25) is 0 Å². The van der Waals surface area contributed by atoms with Crippen LogP contribution in [0, 0.1) is 23.2 Å². The summed E-state index contributed by atoms with van der Waals surface area (Å²) in [5.74, 6) is 4.63. The van der Waals surface area contributed by atoms with Crippen LogP contribution in [0.2, 0.25) is 0 Å². The zero-order valence-electron chi connectivity index (χ0n) is 17.6. The summed E-state index contributed by atoms with van der Waals surface area (Å²) in [5, 5.41) is 0. The van der Waals surface area contributed by atoms with Gasteiger partial charge in [0, 0.05) is 13.0 Å². The number of hydrogen-bond acceptors (Lipinski definition) is 2. The van der Waals surface area contributed by atoms with Crippen LogP contribution in [-0.2, 0) is 4.74 Å². The van der Waals surface area contributed by atoms with E-state index in [2.05, 4.69) is 45.0 Å². The fourth-order valence-electron chi connectivity index (χ4n) is 6.64. The number of hydrogen-bond donors (Lipinski definition) is 0. The molecular formula is C25H38O2. The lowest BCUT2D eigenvalue weighted by atomic mass is 9.48. The van der Waals surface area contributed by atoms with E-state index in [1.54, 1.807) is 0 Å². The molecule has 2 unspecified atom stereocenters. The lowest BCUT2D eigenvalue weighted by Crippen LogP contribution is -2.46. The van der Waals surface area contributed by atoms with Gasteiger partial charge in [-0.25, -0.2) is 0 Å². The minimum Gasteiger partial charge on any atom is -0.465 e. The average Bonchev–Trinajstić information content (AvgIpc) is 2.65. The molecule has 0 saturated heterocycles. The van der Waals surface area contributed by atoms with Crippen LogP contribution >= 0.6 is 0 Å². The van der Waals surface area contributed by atoms with Gasteiger partial charge in [0.25, 0.3) is 0 Å². The van der Waals surface area contributed by atoms with Gasteiger partial charge in [0.15, 0.2) is 6.29 Å². The van der Waals surface area contributed by atoms with E-state index in [4.69, 9.17) is 9.47 Å². The third-order valence-corrected chi connectivity index (χ3v) is 7.76. The summed E-state index contributed by atoms with van der Waals surface area (Å²) in [7, 11) is 0. The molecule has 4 bridgehead atoms. The molecule has 1 aromatic carbocycles. The number of benzene rings is 1. The molecular weight excluding hydrogens is 332 g/mol. The lowest BCUT2D eigenvalue weighted by molar-refractivity contribution is -0.106. The van der Waals surface area contributed by atoms with E-state index >= 15 is 0 Å². The summed E-state index contributed by atoms with van der Waals surface area (Å²) in [5.41, 5.74) is 2.00. The van der Waals surface area contributed by atoms with Gasteiger partial charge in [0.1, 0.15) is 5.75 Å². The van der Waals surface area contributed by atoms with Crippen LogP contribution in [0.3, 0.4) is 0 Å². The molecule has 27 heavy (non-hydrogen) atoms. The summed E-state index contributed by atoms with van der Waals surface area (Å²) in [4.78, 5) is 0. The van der Waals surface area contributed by atoms with Crippen LogP contribution in [-0.4, -0.2) is 12.9 Å². The molecule has 0 aliphatic heterocycles. The first-order chi connectivity index (χ1) is 13.1. The maximum absolute atomic E-state index is 6.26. The predicted molar refractivity (Wildman–Crippen MR) is 111 cm³/mol. The third-order valence-electron chi connectivity index (χ3n) is 7.76. The van der Waals surface area contributed by atoms with Crippen molar-refractivity contribution in [1.29, 1.82) is 0 Å². The van der Waals surface area contributed by atoms with E-state index < -0.39 is 0 Å². The Morgan fingerprint density at radius 1 is 0.963 bits per heavy atom. The largest absolute Gasteiger partial charge is 0.465 e. The van der Waals surface area contributed by atoms with Crippen molar-refractivity contribution < 1.29 is 9.47 Å². The summed E-state index contributed by atoms with van der Waals surface area (Å²) in [6, 6.07) is 8.67. The van der Waals surface area contributed by atoms with Crippen molar-refractivity contribution in [3.05, 3.63) is 29.8 Å². The quantitative estimate of drug-likeness (QED) is 0.438. The van der Waals surface area contributed by atoms with Crippen LogP contribution in [0.25, 0.3) is 0 Å². The van der Waals surface area contributed by atoms with E-state index in [9.17, 15) is 0 Å². The molecule has 150 valence electrons. The van der Waals surface area contributed by atoms with E-state index in [1.807, 2.05) is 0 Å². The SMILES string of the molecule is CCOC(CCC12CC3CC(CC(C3)C1)C2)Oc1ccc(C(C)CC)cc1. The highest BCUT2D eigenvalue weighted by Gasteiger charge is 2.50.